The zero-order chi connectivity index (χ0) is 8.15. The van der Waals surface area contributed by atoms with E-state index < -0.39 is 31.5 Å². The second-order valence-corrected chi connectivity index (χ2v) is 1.99. The Kier molecular flexibility index (Phi) is 10.2. The van der Waals surface area contributed by atoms with Gasteiger partial charge in [-0.15, -0.1) is 0 Å². The Bertz CT molecular complexity index is 80.9. The molecule has 1 unspecified atom stereocenters. The minimum atomic E-state index is -1.49. The molecule has 0 aliphatic rings. The first-order chi connectivity index (χ1) is 4.63. The molecule has 5 nitrogen and oxygen atoms in total. The summed E-state index contributed by atoms with van der Waals surface area (Å²) in [5, 5.41) is 42.6. The van der Waals surface area contributed by atoms with Gasteiger partial charge in [0.25, 0.3) is 0 Å². The maximum atomic E-state index is 8.77. The molecule has 0 saturated carbocycles. The summed E-state index contributed by atoms with van der Waals surface area (Å²) >= 11 is 0. The summed E-state index contributed by atoms with van der Waals surface area (Å²) in [6.07, 6.45) is -4.29. The molecular weight excluding hydrogens is 180 g/mol. The predicted molar refractivity (Wildman–Crippen MR) is 37.9 cm³/mol. The molecule has 6 heteroatoms. The standard InChI is InChI=1S/C5H12O5.Ca/c6-1-3(8)5(10)4(9)2-7;/h3-10H,1-2H2;/t3-,4+,5?;. The second kappa shape index (κ2) is 7.70. The molecule has 5 N–H and O–H groups in total. The van der Waals surface area contributed by atoms with Crippen LogP contribution in [0.4, 0.5) is 0 Å². The first kappa shape index (κ1) is 14.6. The fraction of sp³-hybridized carbons (Fsp3) is 1.00. The van der Waals surface area contributed by atoms with Gasteiger partial charge in [-0.2, -0.15) is 0 Å². The van der Waals surface area contributed by atoms with E-state index in [9.17, 15) is 0 Å². The zero-order valence-corrected chi connectivity index (χ0v) is 8.30. The molecule has 0 aromatic rings. The van der Waals surface area contributed by atoms with E-state index in [-0.39, 0.29) is 37.7 Å². The number of hydrogen-bond donors (Lipinski definition) is 5. The van der Waals surface area contributed by atoms with Gasteiger partial charge in [-0.05, 0) is 0 Å². The molecule has 0 heterocycles. The van der Waals surface area contributed by atoms with Crippen LogP contribution in [0.2, 0.25) is 0 Å². The van der Waals surface area contributed by atoms with Crippen LogP contribution >= 0.6 is 0 Å². The van der Waals surface area contributed by atoms with Crippen molar-refractivity contribution in [1.29, 1.82) is 0 Å². The fourth-order valence-corrected chi connectivity index (χ4v) is 0.472. The van der Waals surface area contributed by atoms with Crippen LogP contribution in [0, 0.1) is 0 Å². The third-order valence-corrected chi connectivity index (χ3v) is 1.16. The average Bonchev–Trinajstić information content (AvgIpc) is 2.00. The van der Waals surface area contributed by atoms with Crippen molar-refractivity contribution >= 4 is 37.7 Å². The molecule has 0 aromatic carbocycles. The van der Waals surface area contributed by atoms with Crippen LogP contribution in [0.5, 0.6) is 0 Å². The number of rotatable bonds is 4. The molecule has 0 spiro atoms. The van der Waals surface area contributed by atoms with Crippen LogP contribution in [0.3, 0.4) is 0 Å². The zero-order valence-electron chi connectivity index (χ0n) is 6.09. The normalized spacial score (nSPS) is 18.3. The van der Waals surface area contributed by atoms with Crippen molar-refractivity contribution in [3.05, 3.63) is 0 Å². The van der Waals surface area contributed by atoms with Crippen molar-refractivity contribution in [2.45, 2.75) is 18.3 Å². The minimum Gasteiger partial charge on any atom is -0.394 e. The Morgan fingerprint density at radius 1 is 0.818 bits per heavy atom. The molecule has 0 aromatic heterocycles. The van der Waals surface area contributed by atoms with Crippen molar-refractivity contribution in [3.63, 3.8) is 0 Å². The molecule has 0 rings (SSSR count). The molecule has 11 heavy (non-hydrogen) atoms. The Morgan fingerprint density at radius 2 is 1.09 bits per heavy atom. The number of aliphatic hydroxyl groups excluding tert-OH is 5. The quantitative estimate of drug-likeness (QED) is 0.300. The smallest absolute Gasteiger partial charge is 0.110 e. The van der Waals surface area contributed by atoms with Gasteiger partial charge in [0.1, 0.15) is 18.3 Å². The summed E-state index contributed by atoms with van der Waals surface area (Å²) in [6.45, 7) is -1.28. The topological polar surface area (TPSA) is 101 Å². The first-order valence-electron chi connectivity index (χ1n) is 2.89. The Balaban J connectivity index is 0. The van der Waals surface area contributed by atoms with Gasteiger partial charge in [0.05, 0.1) is 13.2 Å². The molecule has 3 atom stereocenters. The van der Waals surface area contributed by atoms with Crippen LogP contribution < -0.4 is 0 Å². The minimum absolute atomic E-state index is 0. The summed E-state index contributed by atoms with van der Waals surface area (Å²) in [5.41, 5.74) is 0. The summed E-state index contributed by atoms with van der Waals surface area (Å²) in [6, 6.07) is 0. The van der Waals surface area contributed by atoms with Crippen LogP contribution in [-0.2, 0) is 0 Å². The Morgan fingerprint density at radius 3 is 1.27 bits per heavy atom. The van der Waals surface area contributed by atoms with E-state index in [0.717, 1.165) is 0 Å². The van der Waals surface area contributed by atoms with Gasteiger partial charge in [0, 0.05) is 37.7 Å². The van der Waals surface area contributed by atoms with Crippen molar-refractivity contribution in [1.82, 2.24) is 0 Å². The van der Waals surface area contributed by atoms with E-state index in [1.165, 1.54) is 0 Å². The van der Waals surface area contributed by atoms with Gasteiger partial charge >= 0.3 is 0 Å². The molecule has 64 valence electrons. The third kappa shape index (κ3) is 5.32. The van der Waals surface area contributed by atoms with Gasteiger partial charge in [0.2, 0.25) is 0 Å². The number of aliphatic hydroxyl groups is 5. The third-order valence-electron chi connectivity index (χ3n) is 1.16. The van der Waals surface area contributed by atoms with E-state index in [4.69, 9.17) is 25.5 Å². The van der Waals surface area contributed by atoms with Gasteiger partial charge in [-0.1, -0.05) is 0 Å². The van der Waals surface area contributed by atoms with E-state index in [1.807, 2.05) is 0 Å². The van der Waals surface area contributed by atoms with Gasteiger partial charge < -0.3 is 25.5 Å². The molecule has 0 fully saturated rings. The molecule has 0 amide bonds. The molecular formula is C5H12CaO5. The fourth-order valence-electron chi connectivity index (χ4n) is 0.472. The number of hydrogen-bond acceptors (Lipinski definition) is 5. The van der Waals surface area contributed by atoms with Gasteiger partial charge in [0.15, 0.2) is 0 Å². The van der Waals surface area contributed by atoms with Gasteiger partial charge in [-0.25, -0.2) is 0 Å². The maximum Gasteiger partial charge on any atom is 0.110 e. The first-order valence-corrected chi connectivity index (χ1v) is 2.89. The maximum absolute atomic E-state index is 8.77. The van der Waals surface area contributed by atoms with E-state index >= 15 is 0 Å². The summed E-state index contributed by atoms with van der Waals surface area (Å²) in [7, 11) is 0. The van der Waals surface area contributed by atoms with Crippen LogP contribution in [0.15, 0.2) is 0 Å². The molecule has 0 bridgehead atoms. The summed E-state index contributed by atoms with van der Waals surface area (Å²) in [5.74, 6) is 0. The van der Waals surface area contributed by atoms with E-state index in [1.54, 1.807) is 0 Å². The predicted octanol–water partition coefficient (Wildman–Crippen LogP) is -3.33. The second-order valence-electron chi connectivity index (χ2n) is 1.99. The SMILES string of the molecule is OC[C@@H](O)C(O)[C@@H](O)CO.[Ca]. The largest absolute Gasteiger partial charge is 0.394 e. The average molecular weight is 192 g/mol. The van der Waals surface area contributed by atoms with Gasteiger partial charge in [-0.3, -0.25) is 0 Å². The molecule has 0 aliphatic carbocycles. The van der Waals surface area contributed by atoms with E-state index in [0.29, 0.717) is 0 Å². The summed E-state index contributed by atoms with van der Waals surface area (Å²) < 4.78 is 0. The molecule has 0 aliphatic heterocycles. The van der Waals surface area contributed by atoms with Crippen molar-refractivity contribution in [3.8, 4) is 0 Å². The Hall–Kier alpha value is 1.06. The van der Waals surface area contributed by atoms with Crippen LogP contribution in [0.25, 0.3) is 0 Å². The summed E-state index contributed by atoms with van der Waals surface area (Å²) in [4.78, 5) is 0. The van der Waals surface area contributed by atoms with Crippen LogP contribution in [0.1, 0.15) is 0 Å². The molecule has 2 radical (unpaired) electrons. The Labute approximate surface area is 94.3 Å². The van der Waals surface area contributed by atoms with Crippen LogP contribution in [-0.4, -0.2) is 94.8 Å². The van der Waals surface area contributed by atoms with Crippen molar-refractivity contribution < 1.29 is 25.5 Å². The van der Waals surface area contributed by atoms with Crippen molar-refractivity contribution in [2.24, 2.45) is 0 Å². The molecule has 0 saturated heterocycles. The monoisotopic (exact) mass is 192 g/mol. The van der Waals surface area contributed by atoms with Crippen molar-refractivity contribution in [2.75, 3.05) is 13.2 Å². The van der Waals surface area contributed by atoms with E-state index in [2.05, 4.69) is 0 Å².